The molecule has 1 aromatic rings. The van der Waals surface area contributed by atoms with Crippen molar-refractivity contribution >= 4 is 6.41 Å². The van der Waals surface area contributed by atoms with E-state index in [9.17, 15) is 4.79 Å². The Kier molecular flexibility index (Phi) is 8.68. The highest BCUT2D eigenvalue weighted by molar-refractivity contribution is 5.45. The van der Waals surface area contributed by atoms with Crippen LogP contribution >= 0.6 is 0 Å². The molecule has 0 saturated carbocycles. The lowest BCUT2D eigenvalue weighted by Crippen LogP contribution is -2.11. The van der Waals surface area contributed by atoms with E-state index in [1.807, 2.05) is 12.1 Å². The molecule has 0 bridgehead atoms. The lowest BCUT2D eigenvalue weighted by molar-refractivity contribution is -0.253. The van der Waals surface area contributed by atoms with Crippen LogP contribution in [0.2, 0.25) is 0 Å². The van der Waals surface area contributed by atoms with Crippen molar-refractivity contribution in [3.63, 3.8) is 0 Å². The average Bonchev–Trinajstić information content (AvgIpc) is 2.44. The third kappa shape index (κ3) is 7.59. The quantitative estimate of drug-likeness (QED) is 0.280. The summed E-state index contributed by atoms with van der Waals surface area (Å²) in [6, 6.07) is 8.14. The molecule has 4 heteroatoms. The molecule has 2 N–H and O–H groups in total. The number of rotatable bonds is 11. The van der Waals surface area contributed by atoms with Crippen LogP contribution in [-0.4, -0.2) is 18.2 Å². The van der Waals surface area contributed by atoms with Crippen molar-refractivity contribution in [3.8, 4) is 0 Å². The van der Waals surface area contributed by atoms with Crippen LogP contribution in [0.15, 0.2) is 24.3 Å². The molecule has 0 unspecified atom stereocenters. The van der Waals surface area contributed by atoms with Gasteiger partial charge in [0.1, 0.15) is 6.61 Å². The monoisotopic (exact) mass is 265 g/mol. The van der Waals surface area contributed by atoms with Gasteiger partial charge in [-0.2, -0.15) is 0 Å². The van der Waals surface area contributed by atoms with Gasteiger partial charge in [-0.05, 0) is 30.4 Å². The molecule has 0 aliphatic carbocycles. The molecule has 1 amide bonds. The predicted octanol–water partition coefficient (Wildman–Crippen LogP) is 2.92. The molecule has 106 valence electrons. The summed E-state index contributed by atoms with van der Waals surface area (Å²) in [6.07, 6.45) is 7.72. The molecule has 19 heavy (non-hydrogen) atoms. The van der Waals surface area contributed by atoms with E-state index in [0.717, 1.165) is 31.4 Å². The van der Waals surface area contributed by atoms with E-state index in [1.165, 1.54) is 31.2 Å². The summed E-state index contributed by atoms with van der Waals surface area (Å²) in [6.45, 7) is 1.03. The fourth-order valence-electron chi connectivity index (χ4n) is 2.02. The van der Waals surface area contributed by atoms with Gasteiger partial charge in [0.15, 0.2) is 0 Å². The minimum absolute atomic E-state index is 0.245. The van der Waals surface area contributed by atoms with Gasteiger partial charge in [0.2, 0.25) is 6.41 Å². The molecule has 0 radical (unpaired) electrons. The molecule has 0 fully saturated rings. The molecule has 0 atom stereocenters. The van der Waals surface area contributed by atoms with Gasteiger partial charge in [-0.1, -0.05) is 43.5 Å². The lowest BCUT2D eigenvalue weighted by Gasteiger charge is -2.04. The SMILES string of the molecule is O=CNCCCCCCCc1ccc(COO)cc1. The van der Waals surface area contributed by atoms with E-state index in [4.69, 9.17) is 5.26 Å². The van der Waals surface area contributed by atoms with Gasteiger partial charge < -0.3 is 5.32 Å². The molecule has 0 spiro atoms. The smallest absolute Gasteiger partial charge is 0.207 e. The van der Waals surface area contributed by atoms with Crippen molar-refractivity contribution in [2.75, 3.05) is 6.54 Å². The molecule has 1 rings (SSSR count). The zero-order valence-corrected chi connectivity index (χ0v) is 11.3. The maximum absolute atomic E-state index is 10.0. The lowest BCUT2D eigenvalue weighted by atomic mass is 10.0. The minimum atomic E-state index is 0.245. The van der Waals surface area contributed by atoms with E-state index >= 15 is 0 Å². The number of hydrogen-bond donors (Lipinski definition) is 2. The van der Waals surface area contributed by atoms with Crippen LogP contribution in [0.5, 0.6) is 0 Å². The van der Waals surface area contributed by atoms with Crippen molar-refractivity contribution in [2.45, 2.75) is 45.1 Å². The maximum Gasteiger partial charge on any atom is 0.207 e. The van der Waals surface area contributed by atoms with Gasteiger partial charge in [0, 0.05) is 6.54 Å². The number of carbonyl (C=O) groups is 1. The van der Waals surface area contributed by atoms with Crippen molar-refractivity contribution < 1.29 is 14.9 Å². The molecule has 1 aromatic carbocycles. The summed E-state index contributed by atoms with van der Waals surface area (Å²) in [5, 5.41) is 11.0. The minimum Gasteiger partial charge on any atom is -0.359 e. The van der Waals surface area contributed by atoms with Crippen LogP contribution in [0.3, 0.4) is 0 Å². The maximum atomic E-state index is 10.0. The van der Waals surface area contributed by atoms with Crippen LogP contribution < -0.4 is 5.32 Å². The van der Waals surface area contributed by atoms with Gasteiger partial charge in [-0.25, -0.2) is 4.89 Å². The van der Waals surface area contributed by atoms with Crippen LogP contribution in [0.4, 0.5) is 0 Å². The van der Waals surface area contributed by atoms with Crippen molar-refractivity contribution in [2.24, 2.45) is 0 Å². The number of benzene rings is 1. The van der Waals surface area contributed by atoms with E-state index in [0.29, 0.717) is 0 Å². The Hall–Kier alpha value is -1.39. The Morgan fingerprint density at radius 1 is 1.00 bits per heavy atom. The van der Waals surface area contributed by atoms with Crippen LogP contribution in [0.25, 0.3) is 0 Å². The molecular weight excluding hydrogens is 242 g/mol. The van der Waals surface area contributed by atoms with Crippen LogP contribution in [-0.2, 0) is 22.7 Å². The van der Waals surface area contributed by atoms with Crippen molar-refractivity contribution in [1.29, 1.82) is 0 Å². The van der Waals surface area contributed by atoms with Crippen molar-refractivity contribution in [1.82, 2.24) is 5.32 Å². The number of carbonyl (C=O) groups excluding carboxylic acids is 1. The predicted molar refractivity (Wildman–Crippen MR) is 74.7 cm³/mol. The number of aryl methyl sites for hydroxylation is 1. The summed E-state index contributed by atoms with van der Waals surface area (Å²) >= 11 is 0. The average molecular weight is 265 g/mol. The summed E-state index contributed by atoms with van der Waals surface area (Å²) in [4.78, 5) is 14.1. The van der Waals surface area contributed by atoms with Gasteiger partial charge in [-0.3, -0.25) is 10.1 Å². The highest BCUT2D eigenvalue weighted by Gasteiger charge is 1.96. The highest BCUT2D eigenvalue weighted by Crippen LogP contribution is 2.10. The third-order valence-electron chi connectivity index (χ3n) is 3.12. The second-order valence-electron chi connectivity index (χ2n) is 4.68. The Bertz CT molecular complexity index is 338. The van der Waals surface area contributed by atoms with E-state index < -0.39 is 0 Å². The molecule has 0 aliphatic rings. The second kappa shape index (κ2) is 10.5. The second-order valence-corrected chi connectivity index (χ2v) is 4.68. The van der Waals surface area contributed by atoms with Gasteiger partial charge in [-0.15, -0.1) is 0 Å². The summed E-state index contributed by atoms with van der Waals surface area (Å²) in [5.74, 6) is 0. The highest BCUT2D eigenvalue weighted by atomic mass is 17.1. The first-order valence-corrected chi connectivity index (χ1v) is 6.88. The summed E-state index contributed by atoms with van der Waals surface area (Å²) in [7, 11) is 0. The number of unbranched alkanes of at least 4 members (excludes halogenated alkanes) is 4. The molecule has 0 saturated heterocycles. The summed E-state index contributed by atoms with van der Waals surface area (Å²) < 4.78 is 0. The number of nitrogens with one attached hydrogen (secondary N) is 1. The number of hydrogen-bond acceptors (Lipinski definition) is 3. The largest absolute Gasteiger partial charge is 0.359 e. The van der Waals surface area contributed by atoms with Crippen LogP contribution in [0, 0.1) is 0 Å². The van der Waals surface area contributed by atoms with Gasteiger partial charge >= 0.3 is 0 Å². The van der Waals surface area contributed by atoms with Crippen molar-refractivity contribution in [3.05, 3.63) is 35.4 Å². The zero-order valence-electron chi connectivity index (χ0n) is 11.3. The first-order chi connectivity index (χ1) is 9.36. The van der Waals surface area contributed by atoms with E-state index in [1.54, 1.807) is 0 Å². The Balaban J connectivity index is 2.04. The van der Waals surface area contributed by atoms with Gasteiger partial charge in [0.25, 0.3) is 0 Å². The number of amides is 1. The molecule has 4 nitrogen and oxygen atoms in total. The Morgan fingerprint density at radius 3 is 2.32 bits per heavy atom. The third-order valence-corrected chi connectivity index (χ3v) is 3.12. The van der Waals surface area contributed by atoms with Crippen LogP contribution in [0.1, 0.15) is 43.2 Å². The molecule has 0 heterocycles. The topological polar surface area (TPSA) is 58.6 Å². The summed E-state index contributed by atoms with van der Waals surface area (Å²) in [5.41, 5.74) is 2.30. The first-order valence-electron chi connectivity index (χ1n) is 6.88. The molecular formula is C15H23NO3. The first kappa shape index (κ1) is 15.7. The Morgan fingerprint density at radius 2 is 1.63 bits per heavy atom. The van der Waals surface area contributed by atoms with E-state index in [2.05, 4.69) is 22.3 Å². The zero-order chi connectivity index (χ0) is 13.8. The normalized spacial score (nSPS) is 10.4. The Labute approximate surface area is 114 Å². The van der Waals surface area contributed by atoms with Gasteiger partial charge in [0.05, 0.1) is 0 Å². The van der Waals surface area contributed by atoms with E-state index in [-0.39, 0.29) is 6.61 Å². The standard InChI is InChI=1S/C15H23NO3/c17-13-16-11-5-3-1-2-4-6-14-7-9-15(10-8-14)12-19-18/h7-10,13,18H,1-6,11-12H2,(H,16,17). The fraction of sp³-hybridized carbons (Fsp3) is 0.533. The molecule has 0 aromatic heterocycles. The fourth-order valence-corrected chi connectivity index (χ4v) is 2.02. The molecule has 0 aliphatic heterocycles.